The van der Waals surface area contributed by atoms with Crippen LogP contribution in [0.5, 0.6) is 0 Å². The predicted octanol–water partition coefficient (Wildman–Crippen LogP) is 0.849. The van der Waals surface area contributed by atoms with Crippen molar-refractivity contribution in [2.75, 3.05) is 26.3 Å². The predicted molar refractivity (Wildman–Crippen MR) is 75.9 cm³/mol. The molecule has 0 bridgehead atoms. The second kappa shape index (κ2) is 7.17. The number of hydrogen-bond donors (Lipinski definition) is 1. The van der Waals surface area contributed by atoms with Crippen LogP contribution in [0.3, 0.4) is 0 Å². The molecule has 0 aromatic heterocycles. The molecule has 5 nitrogen and oxygen atoms in total. The van der Waals surface area contributed by atoms with Crippen molar-refractivity contribution in [1.29, 1.82) is 0 Å². The van der Waals surface area contributed by atoms with Gasteiger partial charge < -0.3 is 20.1 Å². The highest BCUT2D eigenvalue weighted by Crippen LogP contribution is 2.18. The molecule has 2 saturated heterocycles. The third-order valence-corrected chi connectivity index (χ3v) is 3.95. The van der Waals surface area contributed by atoms with Gasteiger partial charge in [0.2, 0.25) is 5.91 Å². The van der Waals surface area contributed by atoms with Gasteiger partial charge in [0.15, 0.2) is 0 Å². The largest absolute Gasteiger partial charge is 0.391 e. The van der Waals surface area contributed by atoms with Gasteiger partial charge in [-0.15, -0.1) is 0 Å². The van der Waals surface area contributed by atoms with Gasteiger partial charge in [-0.3, -0.25) is 4.79 Å². The maximum atomic E-state index is 12.1. The Kier molecular flexibility index (Phi) is 5.54. The Balaban J connectivity index is 1.74. The normalized spacial score (nSPS) is 28.1. The molecule has 2 aliphatic rings. The van der Waals surface area contributed by atoms with E-state index in [-0.39, 0.29) is 18.1 Å². The van der Waals surface area contributed by atoms with E-state index in [1.54, 1.807) is 4.90 Å². The van der Waals surface area contributed by atoms with Gasteiger partial charge in [-0.25, -0.2) is 0 Å². The lowest BCUT2D eigenvalue weighted by Gasteiger charge is -2.33. The van der Waals surface area contributed by atoms with Crippen molar-refractivity contribution in [3.63, 3.8) is 0 Å². The van der Waals surface area contributed by atoms with E-state index >= 15 is 0 Å². The first-order valence-electron chi connectivity index (χ1n) is 6.97. The number of thiocarbonyl (C=S) groups is 1. The van der Waals surface area contributed by atoms with E-state index < -0.39 is 0 Å². The second-order valence-corrected chi connectivity index (χ2v) is 5.60. The highest BCUT2D eigenvalue weighted by Gasteiger charge is 2.26. The first-order valence-corrected chi connectivity index (χ1v) is 7.38. The summed E-state index contributed by atoms with van der Waals surface area (Å²) in [6, 6.07) is 0. The Morgan fingerprint density at radius 3 is 2.84 bits per heavy atom. The zero-order valence-electron chi connectivity index (χ0n) is 11.2. The fourth-order valence-corrected chi connectivity index (χ4v) is 2.67. The van der Waals surface area contributed by atoms with Crippen molar-refractivity contribution >= 4 is 23.1 Å². The maximum absolute atomic E-state index is 12.1. The second-order valence-electron chi connectivity index (χ2n) is 5.13. The molecular formula is C13H22N2O3S. The Hall–Kier alpha value is -0.720. The molecule has 2 rings (SSSR count). The van der Waals surface area contributed by atoms with Crippen molar-refractivity contribution in [2.24, 2.45) is 5.73 Å². The number of morpholine rings is 1. The highest BCUT2D eigenvalue weighted by atomic mass is 32.1. The molecule has 6 heteroatoms. The van der Waals surface area contributed by atoms with Crippen molar-refractivity contribution in [2.45, 2.75) is 44.3 Å². The van der Waals surface area contributed by atoms with E-state index in [0.29, 0.717) is 31.1 Å². The van der Waals surface area contributed by atoms with Crippen molar-refractivity contribution in [1.82, 2.24) is 4.90 Å². The van der Waals surface area contributed by atoms with Crippen LogP contribution < -0.4 is 5.73 Å². The first-order chi connectivity index (χ1) is 9.16. The number of nitrogens with zero attached hydrogens (tertiary/aromatic N) is 1. The number of hydrogen-bond acceptors (Lipinski definition) is 4. The number of carbonyl (C=O) groups is 1. The molecule has 2 unspecified atom stereocenters. The minimum absolute atomic E-state index is 0.152. The Labute approximate surface area is 119 Å². The molecule has 1 amide bonds. The van der Waals surface area contributed by atoms with E-state index in [4.69, 9.17) is 27.4 Å². The average Bonchev–Trinajstić information content (AvgIpc) is 2.46. The van der Waals surface area contributed by atoms with Crippen LogP contribution in [0.25, 0.3) is 0 Å². The molecule has 2 heterocycles. The minimum Gasteiger partial charge on any atom is -0.391 e. The fraction of sp³-hybridized carbons (Fsp3) is 0.846. The first kappa shape index (κ1) is 14.7. The summed E-state index contributed by atoms with van der Waals surface area (Å²) in [4.78, 5) is 14.3. The van der Waals surface area contributed by atoms with Gasteiger partial charge in [-0.05, 0) is 25.7 Å². The minimum atomic E-state index is -0.293. The lowest BCUT2D eigenvalue weighted by atomic mass is 10.0. The third-order valence-electron chi connectivity index (χ3n) is 3.69. The average molecular weight is 286 g/mol. The van der Waals surface area contributed by atoms with Gasteiger partial charge in [0, 0.05) is 19.6 Å². The standard InChI is InChI=1S/C13H22N2O3S/c14-13(19)11-9-15(6-8-18-11)12(16)5-4-10-3-1-2-7-17-10/h10-11H,1-9H2,(H2,14,19). The number of amides is 1. The van der Waals surface area contributed by atoms with Crippen LogP contribution in [0.4, 0.5) is 0 Å². The van der Waals surface area contributed by atoms with Crippen LogP contribution in [0, 0.1) is 0 Å². The summed E-state index contributed by atoms with van der Waals surface area (Å²) in [6.45, 7) is 2.46. The number of carbonyl (C=O) groups excluding carboxylic acids is 1. The van der Waals surface area contributed by atoms with Crippen LogP contribution >= 0.6 is 12.2 Å². The summed E-state index contributed by atoms with van der Waals surface area (Å²) in [7, 11) is 0. The Morgan fingerprint density at radius 1 is 1.32 bits per heavy atom. The van der Waals surface area contributed by atoms with Crippen LogP contribution in [0.2, 0.25) is 0 Å². The van der Waals surface area contributed by atoms with Gasteiger partial charge in [0.1, 0.15) is 11.1 Å². The molecule has 0 aliphatic carbocycles. The van der Waals surface area contributed by atoms with Crippen molar-refractivity contribution in [3.8, 4) is 0 Å². The molecule has 19 heavy (non-hydrogen) atoms. The zero-order chi connectivity index (χ0) is 13.7. The number of ether oxygens (including phenoxy) is 2. The van der Waals surface area contributed by atoms with Gasteiger partial charge in [-0.1, -0.05) is 12.2 Å². The van der Waals surface area contributed by atoms with E-state index in [1.807, 2.05) is 0 Å². The molecule has 2 atom stereocenters. The van der Waals surface area contributed by atoms with Crippen molar-refractivity contribution < 1.29 is 14.3 Å². The van der Waals surface area contributed by atoms with E-state index in [1.165, 1.54) is 6.42 Å². The van der Waals surface area contributed by atoms with Crippen molar-refractivity contribution in [3.05, 3.63) is 0 Å². The third kappa shape index (κ3) is 4.40. The number of nitrogens with two attached hydrogens (primary N) is 1. The monoisotopic (exact) mass is 286 g/mol. The molecule has 2 aliphatic heterocycles. The van der Waals surface area contributed by atoms with E-state index in [9.17, 15) is 4.79 Å². The maximum Gasteiger partial charge on any atom is 0.222 e. The quantitative estimate of drug-likeness (QED) is 0.776. The molecule has 0 aromatic rings. The van der Waals surface area contributed by atoms with E-state index in [0.717, 1.165) is 25.9 Å². The molecule has 0 aromatic carbocycles. The van der Waals surface area contributed by atoms with Gasteiger partial charge in [0.05, 0.1) is 19.3 Å². The Morgan fingerprint density at radius 2 is 2.16 bits per heavy atom. The summed E-state index contributed by atoms with van der Waals surface area (Å²) < 4.78 is 11.1. The molecule has 0 spiro atoms. The summed E-state index contributed by atoms with van der Waals surface area (Å²) in [5.74, 6) is 0.152. The Bertz CT molecular complexity index is 332. The zero-order valence-corrected chi connectivity index (χ0v) is 12.0. The van der Waals surface area contributed by atoms with Crippen LogP contribution in [0.1, 0.15) is 32.1 Å². The topological polar surface area (TPSA) is 64.8 Å². The van der Waals surface area contributed by atoms with Crippen LogP contribution in [-0.2, 0) is 14.3 Å². The molecule has 2 fully saturated rings. The molecular weight excluding hydrogens is 264 g/mol. The van der Waals surface area contributed by atoms with Crippen LogP contribution in [-0.4, -0.2) is 54.3 Å². The lowest BCUT2D eigenvalue weighted by molar-refractivity contribution is -0.137. The molecule has 0 saturated carbocycles. The van der Waals surface area contributed by atoms with E-state index in [2.05, 4.69) is 0 Å². The summed E-state index contributed by atoms with van der Waals surface area (Å²) in [5, 5.41) is 0. The summed E-state index contributed by atoms with van der Waals surface area (Å²) in [5.41, 5.74) is 5.57. The molecule has 0 radical (unpaired) electrons. The SMILES string of the molecule is NC(=S)C1CN(C(=O)CCC2CCCCO2)CCO1. The van der Waals surface area contributed by atoms with Gasteiger partial charge >= 0.3 is 0 Å². The van der Waals surface area contributed by atoms with Gasteiger partial charge in [-0.2, -0.15) is 0 Å². The number of rotatable bonds is 4. The van der Waals surface area contributed by atoms with Crippen LogP contribution in [0.15, 0.2) is 0 Å². The fourth-order valence-electron chi connectivity index (χ4n) is 2.53. The lowest BCUT2D eigenvalue weighted by Crippen LogP contribution is -2.50. The molecule has 108 valence electrons. The smallest absolute Gasteiger partial charge is 0.222 e. The highest BCUT2D eigenvalue weighted by molar-refractivity contribution is 7.80. The van der Waals surface area contributed by atoms with Gasteiger partial charge in [0.25, 0.3) is 0 Å². The molecule has 2 N–H and O–H groups in total. The summed E-state index contributed by atoms with van der Waals surface area (Å²) >= 11 is 4.92. The summed E-state index contributed by atoms with van der Waals surface area (Å²) in [6.07, 6.45) is 4.74.